The van der Waals surface area contributed by atoms with Gasteiger partial charge in [-0.05, 0) is 49.1 Å². The molecule has 0 saturated carbocycles. The number of carbonyl (C=O) groups excluding carboxylic acids is 2. The predicted octanol–water partition coefficient (Wildman–Crippen LogP) is 4.80. The number of hydrogen-bond donors (Lipinski definition) is 1. The maximum absolute atomic E-state index is 14.0. The summed E-state index contributed by atoms with van der Waals surface area (Å²) in [6, 6.07) is 24.1. The highest BCUT2D eigenvalue weighted by Gasteiger charge is 2.33. The van der Waals surface area contributed by atoms with Crippen molar-refractivity contribution in [3.8, 4) is 0 Å². The van der Waals surface area contributed by atoms with Gasteiger partial charge in [-0.3, -0.25) is 9.59 Å². The van der Waals surface area contributed by atoms with Gasteiger partial charge in [0.05, 0.1) is 18.9 Å². The van der Waals surface area contributed by atoms with E-state index in [1.54, 1.807) is 60.7 Å². The summed E-state index contributed by atoms with van der Waals surface area (Å²) in [5.41, 5.74) is 2.10. The predicted molar refractivity (Wildman–Crippen MR) is 162 cm³/mol. The molecule has 10 heteroatoms. The molecule has 0 aliphatic heterocycles. The summed E-state index contributed by atoms with van der Waals surface area (Å²) < 4.78 is 32.2. The number of rotatable bonds is 15. The number of ether oxygens (including phenoxy) is 1. The Morgan fingerprint density at radius 3 is 2.05 bits per heavy atom. The van der Waals surface area contributed by atoms with E-state index in [1.165, 1.54) is 4.90 Å². The van der Waals surface area contributed by atoms with Crippen molar-refractivity contribution < 1.29 is 22.7 Å². The summed E-state index contributed by atoms with van der Waals surface area (Å²) >= 11 is 6.09. The number of amides is 2. The molecule has 2 amide bonds. The standard InChI is InChI=1S/C31H38ClN3O5S/c1-24(2)40-20-10-19-33-31(37)30(27-13-8-5-9-14-27)35(22-26-15-17-28(32)18-16-26)29(36)23-34(41(3,38)39)21-25-11-6-4-7-12-25/h4-9,11-18,24,30H,10,19-23H2,1-3H3,(H,33,37)/t30-/m0/s1. The van der Waals surface area contributed by atoms with Crippen LogP contribution >= 0.6 is 11.6 Å². The Morgan fingerprint density at radius 1 is 0.878 bits per heavy atom. The fraction of sp³-hybridized carbons (Fsp3) is 0.355. The average Bonchev–Trinajstić information content (AvgIpc) is 2.93. The van der Waals surface area contributed by atoms with Crippen LogP contribution in [0.25, 0.3) is 0 Å². The average molecular weight is 600 g/mol. The molecule has 0 aromatic heterocycles. The van der Waals surface area contributed by atoms with Crippen molar-refractivity contribution in [3.05, 3.63) is 107 Å². The minimum Gasteiger partial charge on any atom is -0.379 e. The highest BCUT2D eigenvalue weighted by Crippen LogP contribution is 2.25. The van der Waals surface area contributed by atoms with Crippen LogP contribution in [0.5, 0.6) is 0 Å². The van der Waals surface area contributed by atoms with E-state index in [9.17, 15) is 18.0 Å². The molecule has 0 fully saturated rings. The van der Waals surface area contributed by atoms with Crippen LogP contribution in [0, 0.1) is 0 Å². The number of hydrogen-bond acceptors (Lipinski definition) is 5. The van der Waals surface area contributed by atoms with Gasteiger partial charge in [-0.25, -0.2) is 8.42 Å². The van der Waals surface area contributed by atoms with Crippen molar-refractivity contribution in [1.29, 1.82) is 0 Å². The monoisotopic (exact) mass is 599 g/mol. The van der Waals surface area contributed by atoms with Gasteiger partial charge in [-0.1, -0.05) is 84.4 Å². The van der Waals surface area contributed by atoms with E-state index in [4.69, 9.17) is 16.3 Å². The molecule has 1 atom stereocenters. The lowest BCUT2D eigenvalue weighted by molar-refractivity contribution is -0.141. The third-order valence-electron chi connectivity index (χ3n) is 6.32. The number of carbonyl (C=O) groups is 2. The van der Waals surface area contributed by atoms with Crippen LogP contribution in [0.1, 0.15) is 43.0 Å². The molecule has 3 rings (SSSR count). The van der Waals surface area contributed by atoms with Gasteiger partial charge in [0.15, 0.2) is 0 Å². The molecule has 41 heavy (non-hydrogen) atoms. The molecule has 0 aliphatic rings. The molecule has 3 aromatic rings. The van der Waals surface area contributed by atoms with Crippen molar-refractivity contribution in [2.45, 2.75) is 45.5 Å². The number of benzene rings is 3. The van der Waals surface area contributed by atoms with Crippen molar-refractivity contribution in [3.63, 3.8) is 0 Å². The van der Waals surface area contributed by atoms with E-state index in [0.29, 0.717) is 30.2 Å². The largest absolute Gasteiger partial charge is 0.379 e. The van der Waals surface area contributed by atoms with Gasteiger partial charge in [0.2, 0.25) is 21.8 Å². The van der Waals surface area contributed by atoms with Crippen LogP contribution in [0.3, 0.4) is 0 Å². The molecule has 0 spiro atoms. The van der Waals surface area contributed by atoms with Gasteiger partial charge in [0.1, 0.15) is 6.04 Å². The molecule has 0 unspecified atom stereocenters. The Kier molecular flexibility index (Phi) is 12.3. The van der Waals surface area contributed by atoms with Crippen LogP contribution in [0.2, 0.25) is 5.02 Å². The summed E-state index contributed by atoms with van der Waals surface area (Å²) in [6.45, 7) is 4.41. The first kappa shape index (κ1) is 32.3. The van der Waals surface area contributed by atoms with Crippen LogP contribution in [-0.4, -0.2) is 61.5 Å². The van der Waals surface area contributed by atoms with Crippen molar-refractivity contribution in [1.82, 2.24) is 14.5 Å². The number of nitrogens with zero attached hydrogens (tertiary/aromatic N) is 2. The fourth-order valence-corrected chi connectivity index (χ4v) is 5.09. The molecule has 0 radical (unpaired) electrons. The van der Waals surface area contributed by atoms with Gasteiger partial charge in [-0.15, -0.1) is 0 Å². The highest BCUT2D eigenvalue weighted by atomic mass is 35.5. The van der Waals surface area contributed by atoms with E-state index in [1.807, 2.05) is 38.1 Å². The van der Waals surface area contributed by atoms with Crippen LogP contribution in [0.4, 0.5) is 0 Å². The van der Waals surface area contributed by atoms with E-state index in [-0.39, 0.29) is 25.1 Å². The van der Waals surface area contributed by atoms with Crippen molar-refractivity contribution in [2.75, 3.05) is 26.0 Å². The molecule has 220 valence electrons. The zero-order chi connectivity index (χ0) is 29.8. The lowest BCUT2D eigenvalue weighted by atomic mass is 10.0. The normalized spacial score (nSPS) is 12.3. The number of sulfonamides is 1. The first-order valence-electron chi connectivity index (χ1n) is 13.5. The van der Waals surface area contributed by atoms with Gasteiger partial charge >= 0.3 is 0 Å². The first-order chi connectivity index (χ1) is 19.5. The second-order valence-electron chi connectivity index (χ2n) is 10.0. The third kappa shape index (κ3) is 10.6. The van der Waals surface area contributed by atoms with Crippen molar-refractivity contribution in [2.24, 2.45) is 0 Å². The molecule has 0 aliphatic carbocycles. The Bertz CT molecular complexity index is 1350. The lowest BCUT2D eigenvalue weighted by Gasteiger charge is -2.33. The minimum atomic E-state index is -3.75. The minimum absolute atomic E-state index is 0.0260. The first-order valence-corrected chi connectivity index (χ1v) is 15.7. The Morgan fingerprint density at radius 2 is 1.46 bits per heavy atom. The van der Waals surface area contributed by atoms with Gasteiger partial charge in [-0.2, -0.15) is 4.31 Å². The molecule has 3 aromatic carbocycles. The van der Waals surface area contributed by atoms with Crippen LogP contribution in [0.15, 0.2) is 84.9 Å². The molecule has 0 heterocycles. The van der Waals surface area contributed by atoms with Gasteiger partial charge in [0.25, 0.3) is 0 Å². The number of nitrogens with one attached hydrogen (secondary N) is 1. The summed E-state index contributed by atoms with van der Waals surface area (Å²) in [4.78, 5) is 29.2. The summed E-state index contributed by atoms with van der Waals surface area (Å²) in [5.74, 6) is -0.870. The Balaban J connectivity index is 1.94. The Labute approximate surface area is 248 Å². The van der Waals surface area contributed by atoms with E-state index >= 15 is 0 Å². The van der Waals surface area contributed by atoms with E-state index in [2.05, 4.69) is 5.32 Å². The zero-order valence-corrected chi connectivity index (χ0v) is 25.3. The maximum atomic E-state index is 14.0. The van der Waals surface area contributed by atoms with Gasteiger partial charge < -0.3 is 15.0 Å². The second-order valence-corrected chi connectivity index (χ2v) is 12.5. The fourth-order valence-electron chi connectivity index (χ4n) is 4.24. The quantitative estimate of drug-likeness (QED) is 0.253. The molecule has 0 saturated heterocycles. The SMILES string of the molecule is CC(C)OCCCNC(=O)[C@H](c1ccccc1)N(Cc1ccc(Cl)cc1)C(=O)CN(Cc1ccccc1)S(C)(=O)=O. The lowest BCUT2D eigenvalue weighted by Crippen LogP contribution is -2.48. The Hall–Kier alpha value is -3.24. The van der Waals surface area contributed by atoms with Crippen LogP contribution in [-0.2, 0) is 37.4 Å². The van der Waals surface area contributed by atoms with Crippen molar-refractivity contribution >= 4 is 33.4 Å². The molecular weight excluding hydrogens is 562 g/mol. The van der Waals surface area contributed by atoms with E-state index < -0.39 is 28.5 Å². The summed E-state index contributed by atoms with van der Waals surface area (Å²) in [6.07, 6.45) is 1.77. The van der Waals surface area contributed by atoms with E-state index in [0.717, 1.165) is 21.7 Å². The van der Waals surface area contributed by atoms with Crippen LogP contribution < -0.4 is 5.32 Å². The molecule has 8 nitrogen and oxygen atoms in total. The molecule has 0 bridgehead atoms. The third-order valence-corrected chi connectivity index (χ3v) is 7.76. The highest BCUT2D eigenvalue weighted by molar-refractivity contribution is 7.88. The zero-order valence-electron chi connectivity index (χ0n) is 23.7. The summed E-state index contributed by atoms with van der Waals surface area (Å²) in [7, 11) is -3.75. The molecule has 1 N–H and O–H groups in total. The van der Waals surface area contributed by atoms with Gasteiger partial charge in [0, 0.05) is 31.3 Å². The molecular formula is C31H38ClN3O5S. The topological polar surface area (TPSA) is 96.0 Å². The maximum Gasteiger partial charge on any atom is 0.247 e. The second kappa shape index (κ2) is 15.7. The summed E-state index contributed by atoms with van der Waals surface area (Å²) in [5, 5.41) is 3.48. The number of halogens is 1. The smallest absolute Gasteiger partial charge is 0.247 e.